The maximum atomic E-state index is 17.1. The summed E-state index contributed by atoms with van der Waals surface area (Å²) < 4.78 is 404. The monoisotopic (exact) mass is 937 g/mol. The second kappa shape index (κ2) is 14.3. The molecule has 0 N–H and O–H groups in total. The number of fused-ring (bicyclic) bond motifs is 3. The topological polar surface area (TPSA) is 0 Å². The van der Waals surface area contributed by atoms with Gasteiger partial charge in [-0.15, -0.1) is 21.9 Å². The van der Waals surface area contributed by atoms with Crippen LogP contribution in [-0.4, -0.2) is 6.15 Å². The lowest BCUT2D eigenvalue weighted by molar-refractivity contribution is 0.383. The van der Waals surface area contributed by atoms with Gasteiger partial charge in [0.25, 0.3) is 0 Å². The zero-order valence-corrected chi connectivity index (χ0v) is 28.4. The third-order valence-corrected chi connectivity index (χ3v) is 10.1. The van der Waals surface area contributed by atoms with Crippen LogP contribution in [0.4, 0.5) is 114 Å². The summed E-state index contributed by atoms with van der Waals surface area (Å²) in [5.74, 6) is -93.9. The van der Waals surface area contributed by atoms with E-state index in [1.165, 1.54) is 0 Å². The summed E-state index contributed by atoms with van der Waals surface area (Å²) in [7, 11) is 0. The highest BCUT2D eigenvalue weighted by Crippen LogP contribution is 2.39. The first kappa shape index (κ1) is 44.6. The minimum absolute atomic E-state index is 2.94. The Bertz CT molecular complexity index is 2990. The fourth-order valence-electron chi connectivity index (χ4n) is 7.52. The summed E-state index contributed by atoms with van der Waals surface area (Å²) in [5.41, 5.74) is -15.5. The fourth-order valence-corrected chi connectivity index (χ4v) is 7.52. The highest BCUT2D eigenvalue weighted by Gasteiger charge is 2.52. The van der Waals surface area contributed by atoms with E-state index in [0.717, 1.165) is 0 Å². The second-order valence-corrected chi connectivity index (χ2v) is 12.9. The van der Waals surface area contributed by atoms with Crippen molar-refractivity contribution < 1.29 is 114 Å². The molecule has 0 aliphatic carbocycles. The van der Waals surface area contributed by atoms with Crippen LogP contribution in [0.5, 0.6) is 0 Å². The van der Waals surface area contributed by atoms with E-state index in [0.29, 0.717) is 0 Å². The molecule has 0 radical (unpaired) electrons. The molecule has 63 heavy (non-hydrogen) atoms. The third kappa shape index (κ3) is 5.29. The number of hydrogen-bond donors (Lipinski definition) is 0. The average molecular weight is 937 g/mol. The SMILES string of the molecule is Fc1c(F)c(F)c([B-](c2c(F)c(F)c3c(F)c(F)c(F)c(F)c3c2F)(c2c(F)c(F)c3c(F)c(F)c(F)c(F)c3c2F)c2c(F)c(F)c3c(F)c(F)c(F)c(F)c3c2F)c(F)c1F. The van der Waals surface area contributed by atoms with Crippen molar-refractivity contribution in [1.29, 1.82) is 0 Å². The average Bonchev–Trinajstić information content (AvgIpc) is 3.24. The molecule has 0 aliphatic rings. The summed E-state index contributed by atoms with van der Waals surface area (Å²) in [6.07, 6.45) is -7.79. The molecule has 0 atom stereocenters. The van der Waals surface area contributed by atoms with Gasteiger partial charge in [-0.25, -0.2) is 114 Å². The van der Waals surface area contributed by atoms with E-state index >= 15 is 70.2 Å². The van der Waals surface area contributed by atoms with Crippen molar-refractivity contribution in [2.75, 3.05) is 0 Å². The molecule has 0 saturated heterocycles. The van der Waals surface area contributed by atoms with E-state index in [1.807, 2.05) is 0 Å². The predicted molar refractivity (Wildman–Crippen MR) is 161 cm³/mol. The molecule has 27 heteroatoms. The summed E-state index contributed by atoms with van der Waals surface area (Å²) in [4.78, 5) is 0. The lowest BCUT2D eigenvalue weighted by atomic mass is 9.12. The van der Waals surface area contributed by atoms with E-state index < -0.39 is 212 Å². The molecule has 0 saturated carbocycles. The van der Waals surface area contributed by atoms with Gasteiger partial charge in [0.2, 0.25) is 0 Å². The largest absolute Gasteiger partial charge is 0.210 e. The van der Waals surface area contributed by atoms with Crippen molar-refractivity contribution >= 4 is 60.3 Å². The molecule has 7 aromatic carbocycles. The molecule has 0 aromatic heterocycles. The van der Waals surface area contributed by atoms with Gasteiger partial charge < -0.3 is 0 Å². The number of hydrogen-bond acceptors (Lipinski definition) is 0. The molecular weight excluding hydrogens is 937 g/mol. The number of benzene rings is 7. The highest BCUT2D eigenvalue weighted by atomic mass is 19.2. The van der Waals surface area contributed by atoms with Gasteiger partial charge in [0.15, 0.2) is 105 Å². The first-order valence-corrected chi connectivity index (χ1v) is 15.8. The van der Waals surface area contributed by atoms with Crippen LogP contribution < -0.4 is 21.9 Å². The van der Waals surface area contributed by atoms with Gasteiger partial charge in [0.05, 0.1) is 32.3 Å². The van der Waals surface area contributed by atoms with E-state index in [1.54, 1.807) is 0 Å². The van der Waals surface area contributed by atoms with Gasteiger partial charge in [0.1, 0.15) is 52.7 Å². The highest BCUT2D eigenvalue weighted by molar-refractivity contribution is 7.20. The van der Waals surface area contributed by atoms with Crippen molar-refractivity contribution in [3.63, 3.8) is 0 Å². The first-order valence-electron chi connectivity index (χ1n) is 15.8. The van der Waals surface area contributed by atoms with Crippen LogP contribution in [0.15, 0.2) is 0 Å². The van der Waals surface area contributed by atoms with Gasteiger partial charge in [-0.3, -0.25) is 0 Å². The maximum Gasteiger partial charge on any atom is 0.200 e. The first-order chi connectivity index (χ1) is 29.2. The predicted octanol–water partition coefficient (Wildman–Crippen LogP) is 10.1. The van der Waals surface area contributed by atoms with Gasteiger partial charge in [-0.05, 0) is 0 Å². The van der Waals surface area contributed by atoms with Crippen molar-refractivity contribution in [2.45, 2.75) is 0 Å². The van der Waals surface area contributed by atoms with Gasteiger partial charge >= 0.3 is 0 Å². The zero-order valence-electron chi connectivity index (χ0n) is 28.4. The molecule has 7 aromatic rings. The lowest BCUT2D eigenvalue weighted by Gasteiger charge is -2.45. The molecule has 0 nitrogen and oxygen atoms in total. The van der Waals surface area contributed by atoms with Crippen molar-refractivity contribution in [1.82, 2.24) is 0 Å². The lowest BCUT2D eigenvalue weighted by Crippen LogP contribution is -2.80. The summed E-state index contributed by atoms with van der Waals surface area (Å²) in [6.45, 7) is 0. The maximum absolute atomic E-state index is 17.1. The normalized spacial score (nSPS) is 12.3. The molecule has 0 amide bonds. The Balaban J connectivity index is 2.05. The molecular formula is C36BF26-. The summed E-state index contributed by atoms with van der Waals surface area (Å²) in [6, 6.07) is 0. The number of halogens is 26. The van der Waals surface area contributed by atoms with Gasteiger partial charge in [-0.2, -0.15) is 0 Å². The van der Waals surface area contributed by atoms with Crippen LogP contribution in [0.1, 0.15) is 0 Å². The molecule has 7 rings (SSSR count). The van der Waals surface area contributed by atoms with Crippen molar-refractivity contribution in [3.8, 4) is 0 Å². The Labute approximate surface area is 326 Å². The molecule has 330 valence electrons. The molecule has 0 unspecified atom stereocenters. The van der Waals surface area contributed by atoms with E-state index in [4.69, 9.17) is 0 Å². The minimum atomic E-state index is -7.79. The zero-order chi connectivity index (χ0) is 47.3. The smallest absolute Gasteiger partial charge is 0.200 e. The van der Waals surface area contributed by atoms with Crippen molar-refractivity contribution in [3.05, 3.63) is 151 Å². The second-order valence-electron chi connectivity index (χ2n) is 12.9. The Kier molecular flexibility index (Phi) is 10.1. The van der Waals surface area contributed by atoms with Crippen LogP contribution in [-0.2, 0) is 0 Å². The molecule has 0 aliphatic heterocycles. The van der Waals surface area contributed by atoms with E-state index in [-0.39, 0.29) is 0 Å². The Morgan fingerprint density at radius 2 is 0.238 bits per heavy atom. The standard InChI is InChI=1S/C36BF26/c38-11-1-4(20(47)31(58)28(55)17(1)44)14(41)23(50)7(11)37(10-26(53)34(61)36(63)35(62)27(10)54,8-12(39)2-5(15(42)24(8)51)21(48)32(59)29(56)18(2)45)9-13(40)3-6(16(43)25(9)52)22(49)33(60)30(57)19(3)46/q-1. The third-order valence-electron chi connectivity index (χ3n) is 10.1. The molecule has 0 heterocycles. The summed E-state index contributed by atoms with van der Waals surface area (Å²) >= 11 is 0. The molecule has 0 fully saturated rings. The van der Waals surface area contributed by atoms with Crippen LogP contribution >= 0.6 is 0 Å². The van der Waals surface area contributed by atoms with Crippen LogP contribution in [0.2, 0.25) is 0 Å². The Morgan fingerprint density at radius 3 is 0.444 bits per heavy atom. The molecule has 0 bridgehead atoms. The molecule has 0 spiro atoms. The van der Waals surface area contributed by atoms with Crippen LogP contribution in [0.3, 0.4) is 0 Å². The minimum Gasteiger partial charge on any atom is -0.210 e. The van der Waals surface area contributed by atoms with Crippen LogP contribution in [0, 0.1) is 151 Å². The quantitative estimate of drug-likeness (QED) is 0.0714. The summed E-state index contributed by atoms with van der Waals surface area (Å²) in [5, 5.41) is -18.3. The van der Waals surface area contributed by atoms with E-state index in [2.05, 4.69) is 0 Å². The Morgan fingerprint density at radius 1 is 0.127 bits per heavy atom. The van der Waals surface area contributed by atoms with E-state index in [9.17, 15) is 43.9 Å². The van der Waals surface area contributed by atoms with Crippen molar-refractivity contribution in [2.24, 2.45) is 0 Å². The number of rotatable bonds is 4. The van der Waals surface area contributed by atoms with Gasteiger partial charge in [-0.1, -0.05) is 0 Å². The van der Waals surface area contributed by atoms with Gasteiger partial charge in [0, 0.05) is 0 Å². The Hall–Kier alpha value is -6.44. The van der Waals surface area contributed by atoms with Crippen LogP contribution in [0.25, 0.3) is 32.3 Å². The fraction of sp³-hybridized carbons (Fsp3) is 0.